The normalized spacial score (nSPS) is 18.8. The Morgan fingerprint density at radius 1 is 1.12 bits per heavy atom. The summed E-state index contributed by atoms with van der Waals surface area (Å²) in [7, 11) is 3.97. The Hall–Kier alpha value is -3.92. The Morgan fingerprint density at radius 2 is 1.82 bits per heavy atom. The second-order valence-electron chi connectivity index (χ2n) is 8.97. The van der Waals surface area contributed by atoms with Gasteiger partial charge in [-0.3, -0.25) is 4.79 Å². The smallest absolute Gasteiger partial charge is 0.325 e. The maximum absolute atomic E-state index is 12.8. The van der Waals surface area contributed by atoms with Crippen molar-refractivity contribution in [3.8, 4) is 0 Å². The van der Waals surface area contributed by atoms with E-state index in [1.807, 2.05) is 68.1 Å². The monoisotopic (exact) mass is 451 g/mol. The summed E-state index contributed by atoms with van der Waals surface area (Å²) in [4.78, 5) is 12.8. The Morgan fingerprint density at radius 3 is 2.50 bits per heavy atom. The third-order valence-corrected chi connectivity index (χ3v) is 6.82. The minimum Gasteiger partial charge on any atom is -0.480 e. The number of aryl methyl sites for hydroxylation is 3. The lowest BCUT2D eigenvalue weighted by atomic mass is 9.74. The first kappa shape index (κ1) is 23.2. The molecule has 0 spiro atoms. The van der Waals surface area contributed by atoms with Crippen molar-refractivity contribution in [2.45, 2.75) is 25.7 Å². The van der Waals surface area contributed by atoms with E-state index in [9.17, 15) is 9.90 Å². The van der Waals surface area contributed by atoms with Crippen LogP contribution < -0.4 is 10.6 Å². The summed E-state index contributed by atoms with van der Waals surface area (Å²) in [5.41, 5.74) is 4.64. The zero-order chi connectivity index (χ0) is 24.6. The molecule has 4 heteroatoms. The SMILES string of the molecule is C=C\C=c1/c(=C\C=C\C2=[N+](C)c3ccc(C)cc3C2(CC=C)C(=O)O)n(C)c2ccc(C)cc12. The van der Waals surface area contributed by atoms with Crippen molar-refractivity contribution in [1.29, 1.82) is 0 Å². The third-order valence-electron chi connectivity index (χ3n) is 6.82. The maximum Gasteiger partial charge on any atom is 0.325 e. The minimum absolute atomic E-state index is 0.311. The summed E-state index contributed by atoms with van der Waals surface area (Å²) in [6.07, 6.45) is 11.7. The van der Waals surface area contributed by atoms with Gasteiger partial charge in [0.05, 0.1) is 5.56 Å². The molecule has 0 amide bonds. The van der Waals surface area contributed by atoms with Crippen LogP contribution in [0.15, 0.2) is 73.9 Å². The second kappa shape index (κ2) is 8.79. The van der Waals surface area contributed by atoms with Gasteiger partial charge in [0.1, 0.15) is 7.05 Å². The summed E-state index contributed by atoms with van der Waals surface area (Å²) in [5, 5.41) is 13.8. The molecule has 1 atom stereocenters. The number of carbonyl (C=O) groups is 1. The van der Waals surface area contributed by atoms with Crippen LogP contribution in [0.1, 0.15) is 23.1 Å². The van der Waals surface area contributed by atoms with Gasteiger partial charge in [-0.05, 0) is 44.5 Å². The van der Waals surface area contributed by atoms with E-state index in [4.69, 9.17) is 0 Å². The fraction of sp³-hybridized carbons (Fsp3) is 0.200. The van der Waals surface area contributed by atoms with E-state index >= 15 is 0 Å². The number of hydrogen-bond acceptors (Lipinski definition) is 1. The topological polar surface area (TPSA) is 45.2 Å². The number of aliphatic carboxylic acids is 1. The van der Waals surface area contributed by atoms with Crippen LogP contribution in [0.3, 0.4) is 0 Å². The number of allylic oxidation sites excluding steroid dienone is 4. The first-order valence-corrected chi connectivity index (χ1v) is 11.4. The van der Waals surface area contributed by atoms with Crippen molar-refractivity contribution in [3.63, 3.8) is 0 Å². The number of fused-ring (bicyclic) bond motifs is 2. The van der Waals surface area contributed by atoms with Crippen LogP contribution in [0.2, 0.25) is 0 Å². The van der Waals surface area contributed by atoms with E-state index in [0.717, 1.165) is 38.6 Å². The van der Waals surface area contributed by atoms with Crippen LogP contribution in [-0.2, 0) is 17.3 Å². The molecule has 1 aromatic heterocycles. The highest BCUT2D eigenvalue weighted by Crippen LogP contribution is 2.43. The largest absolute Gasteiger partial charge is 0.480 e. The number of rotatable bonds is 6. The molecular formula is C30H31N2O2+. The van der Waals surface area contributed by atoms with Crippen LogP contribution in [0, 0.1) is 13.8 Å². The molecule has 0 fully saturated rings. The molecule has 0 aliphatic carbocycles. The first-order valence-electron chi connectivity index (χ1n) is 11.4. The highest BCUT2D eigenvalue weighted by molar-refractivity contribution is 6.17. The van der Waals surface area contributed by atoms with Crippen molar-refractivity contribution >= 4 is 40.4 Å². The molecule has 0 radical (unpaired) electrons. The van der Waals surface area contributed by atoms with Gasteiger partial charge in [-0.25, -0.2) is 0 Å². The number of nitrogens with zero attached hydrogens (tertiary/aromatic N) is 2. The molecule has 1 unspecified atom stereocenters. The van der Waals surface area contributed by atoms with Crippen LogP contribution in [0.4, 0.5) is 5.69 Å². The van der Waals surface area contributed by atoms with Gasteiger partial charge < -0.3 is 9.67 Å². The average molecular weight is 452 g/mol. The Balaban J connectivity index is 1.94. The second-order valence-corrected chi connectivity index (χ2v) is 8.97. The molecule has 4 rings (SSSR count). The zero-order valence-corrected chi connectivity index (χ0v) is 20.3. The highest BCUT2D eigenvalue weighted by Gasteiger charge is 2.55. The number of carboxylic acids is 1. The van der Waals surface area contributed by atoms with E-state index < -0.39 is 11.4 Å². The van der Waals surface area contributed by atoms with Crippen LogP contribution in [0.25, 0.3) is 23.1 Å². The Bertz CT molecular complexity index is 1530. The molecule has 4 nitrogen and oxygen atoms in total. The van der Waals surface area contributed by atoms with Gasteiger partial charge in [-0.2, -0.15) is 4.58 Å². The van der Waals surface area contributed by atoms with Crippen LogP contribution >= 0.6 is 0 Å². The molecule has 1 N–H and O–H groups in total. The molecule has 34 heavy (non-hydrogen) atoms. The van der Waals surface area contributed by atoms with E-state index in [2.05, 4.69) is 42.8 Å². The summed E-state index contributed by atoms with van der Waals surface area (Å²) < 4.78 is 4.14. The molecule has 172 valence electrons. The quantitative estimate of drug-likeness (QED) is 0.445. The van der Waals surface area contributed by atoms with Gasteiger partial charge in [0.15, 0.2) is 5.41 Å². The lowest BCUT2D eigenvalue weighted by Crippen LogP contribution is -2.41. The first-order chi connectivity index (χ1) is 16.3. The van der Waals surface area contributed by atoms with Gasteiger partial charge in [0.25, 0.3) is 0 Å². The molecule has 0 bridgehead atoms. The number of benzene rings is 2. The lowest BCUT2D eigenvalue weighted by Gasteiger charge is -2.21. The van der Waals surface area contributed by atoms with Crippen molar-refractivity contribution < 1.29 is 14.5 Å². The lowest BCUT2D eigenvalue weighted by molar-refractivity contribution is -0.401. The molecule has 2 aromatic carbocycles. The van der Waals surface area contributed by atoms with Crippen molar-refractivity contribution in [3.05, 3.63) is 101 Å². The fourth-order valence-corrected chi connectivity index (χ4v) is 5.17. The van der Waals surface area contributed by atoms with Crippen molar-refractivity contribution in [2.75, 3.05) is 7.05 Å². The number of aromatic nitrogens is 1. The molecule has 2 heterocycles. The molecular weight excluding hydrogens is 420 g/mol. The van der Waals surface area contributed by atoms with Gasteiger partial charge in [0, 0.05) is 40.7 Å². The molecule has 0 saturated heterocycles. The summed E-state index contributed by atoms with van der Waals surface area (Å²) >= 11 is 0. The molecule has 0 saturated carbocycles. The molecule has 3 aromatic rings. The summed E-state index contributed by atoms with van der Waals surface area (Å²) in [6.45, 7) is 11.8. The van der Waals surface area contributed by atoms with Crippen LogP contribution in [-0.4, -0.2) is 33.0 Å². The number of carboxylic acid groups (broad SMARTS) is 1. The van der Waals surface area contributed by atoms with Crippen molar-refractivity contribution in [2.24, 2.45) is 7.05 Å². The van der Waals surface area contributed by atoms with Gasteiger partial charge in [0.2, 0.25) is 11.4 Å². The fourth-order valence-electron chi connectivity index (χ4n) is 5.17. The van der Waals surface area contributed by atoms with Crippen LogP contribution in [0.5, 0.6) is 0 Å². The van der Waals surface area contributed by atoms with Gasteiger partial charge >= 0.3 is 5.97 Å². The average Bonchev–Trinajstić information content (AvgIpc) is 3.18. The van der Waals surface area contributed by atoms with E-state index in [-0.39, 0.29) is 0 Å². The minimum atomic E-state index is -1.17. The predicted octanol–water partition coefficient (Wildman–Crippen LogP) is 4.43. The van der Waals surface area contributed by atoms with Crippen molar-refractivity contribution in [1.82, 2.24) is 4.57 Å². The Kier molecular flexibility index (Phi) is 6.01. The van der Waals surface area contributed by atoms with Gasteiger partial charge in [-0.1, -0.05) is 54.1 Å². The van der Waals surface area contributed by atoms with Gasteiger partial charge in [-0.15, -0.1) is 6.58 Å². The predicted molar refractivity (Wildman–Crippen MR) is 141 cm³/mol. The Labute approximate surface area is 200 Å². The third kappa shape index (κ3) is 3.47. The molecule has 1 aliphatic heterocycles. The summed E-state index contributed by atoms with van der Waals surface area (Å²) in [5.74, 6) is -0.871. The van der Waals surface area contributed by atoms with E-state index in [1.165, 1.54) is 10.9 Å². The zero-order valence-electron chi connectivity index (χ0n) is 20.3. The number of hydrogen-bond donors (Lipinski definition) is 1. The van der Waals surface area contributed by atoms with E-state index in [0.29, 0.717) is 6.42 Å². The maximum atomic E-state index is 12.8. The highest BCUT2D eigenvalue weighted by atomic mass is 16.4. The van der Waals surface area contributed by atoms with E-state index in [1.54, 1.807) is 12.2 Å². The summed E-state index contributed by atoms with van der Waals surface area (Å²) in [6, 6.07) is 12.4. The standard InChI is InChI=1S/C30H30N2O2/c1-7-10-22-23-18-20(3)13-15-26(23)31(5)25(22)11-9-12-28-30(17-8-2,29(33)34)24-19-21(4)14-16-27(24)32(28)6/h7-16,18-19H,1-2,17H2,3-6H3/p+1/b22-10-. The molecule has 1 aliphatic rings.